The van der Waals surface area contributed by atoms with Crippen LogP contribution in [0.3, 0.4) is 0 Å². The summed E-state index contributed by atoms with van der Waals surface area (Å²) in [4.78, 5) is 4.58. The largest absolute Gasteiger partial charge is 0.264 e. The highest BCUT2D eigenvalue weighted by Crippen LogP contribution is 2.42. The summed E-state index contributed by atoms with van der Waals surface area (Å²) in [5, 5.41) is 0. The molecule has 2 aromatic rings. The monoisotopic (exact) mass is 447 g/mol. The van der Waals surface area contributed by atoms with E-state index < -0.39 is 0 Å². The van der Waals surface area contributed by atoms with Gasteiger partial charge >= 0.3 is 0 Å². The van der Waals surface area contributed by atoms with Gasteiger partial charge in [0.1, 0.15) is 0 Å². The standard InChI is InChI=1S/C32H49N/c1-4-6-8-10-11-15-27-19-21-28(22-20-27)26(3)32-25-33-24-23-31(32)30-18-14-13-17-29(30)16-12-9-7-5-2/h13-14,17-18,23-28H,4-12,15-16,19-22H2,1-3H3. The van der Waals surface area contributed by atoms with Crippen molar-refractivity contribution in [2.75, 3.05) is 0 Å². The lowest BCUT2D eigenvalue weighted by atomic mass is 9.72. The number of hydrogen-bond acceptors (Lipinski definition) is 1. The predicted molar refractivity (Wildman–Crippen MR) is 145 cm³/mol. The zero-order valence-corrected chi connectivity index (χ0v) is 21.8. The lowest BCUT2D eigenvalue weighted by Gasteiger charge is -2.33. The van der Waals surface area contributed by atoms with E-state index in [1.165, 1.54) is 119 Å². The number of benzene rings is 1. The first kappa shape index (κ1) is 26.0. The molecule has 0 saturated heterocycles. The first-order valence-corrected chi connectivity index (χ1v) is 14.3. The van der Waals surface area contributed by atoms with Crippen LogP contribution in [-0.2, 0) is 6.42 Å². The van der Waals surface area contributed by atoms with Crippen LogP contribution in [0.2, 0.25) is 0 Å². The van der Waals surface area contributed by atoms with Gasteiger partial charge in [0.25, 0.3) is 0 Å². The molecule has 0 bridgehead atoms. The quantitative estimate of drug-likeness (QED) is 0.262. The molecule has 3 rings (SSSR count). The fourth-order valence-corrected chi connectivity index (χ4v) is 6.03. The topological polar surface area (TPSA) is 12.9 Å². The third-order valence-corrected chi connectivity index (χ3v) is 8.26. The molecular formula is C32H49N. The minimum absolute atomic E-state index is 0.590. The lowest BCUT2D eigenvalue weighted by molar-refractivity contribution is 0.236. The van der Waals surface area contributed by atoms with Crippen LogP contribution in [0.25, 0.3) is 11.1 Å². The Morgan fingerprint density at radius 3 is 2.24 bits per heavy atom. The maximum absolute atomic E-state index is 4.58. The van der Waals surface area contributed by atoms with Crippen molar-refractivity contribution in [2.24, 2.45) is 11.8 Å². The van der Waals surface area contributed by atoms with Crippen LogP contribution in [0.4, 0.5) is 0 Å². The summed E-state index contributed by atoms with van der Waals surface area (Å²) >= 11 is 0. The molecule has 1 aliphatic rings. The van der Waals surface area contributed by atoms with Crippen LogP contribution in [0.1, 0.15) is 128 Å². The van der Waals surface area contributed by atoms with Gasteiger partial charge in [-0.1, -0.05) is 116 Å². The second kappa shape index (κ2) is 14.6. The molecule has 1 aromatic heterocycles. The molecule has 1 aromatic carbocycles. The van der Waals surface area contributed by atoms with Crippen LogP contribution < -0.4 is 0 Å². The number of hydrogen-bond donors (Lipinski definition) is 0. The van der Waals surface area contributed by atoms with E-state index in [1.54, 1.807) is 0 Å². The van der Waals surface area contributed by atoms with E-state index in [9.17, 15) is 0 Å². The third kappa shape index (κ3) is 7.97. The van der Waals surface area contributed by atoms with Crippen molar-refractivity contribution < 1.29 is 0 Å². The molecule has 0 N–H and O–H groups in total. The van der Waals surface area contributed by atoms with Gasteiger partial charge in [-0.25, -0.2) is 0 Å². The summed E-state index contributed by atoms with van der Waals surface area (Å²) in [6.45, 7) is 7.07. The molecule has 182 valence electrons. The van der Waals surface area contributed by atoms with Crippen LogP contribution in [0, 0.1) is 11.8 Å². The summed E-state index contributed by atoms with van der Waals surface area (Å²) in [5.74, 6) is 2.38. The Hall–Kier alpha value is -1.63. The molecule has 1 heteroatoms. The Balaban J connectivity index is 1.62. The average molecular weight is 448 g/mol. The molecule has 1 heterocycles. The third-order valence-electron chi connectivity index (χ3n) is 8.26. The van der Waals surface area contributed by atoms with Crippen molar-refractivity contribution in [3.63, 3.8) is 0 Å². The molecule has 0 aliphatic heterocycles. The lowest BCUT2D eigenvalue weighted by Crippen LogP contribution is -2.20. The summed E-state index contributed by atoms with van der Waals surface area (Å²) < 4.78 is 0. The molecule has 1 unspecified atom stereocenters. The van der Waals surface area contributed by atoms with Gasteiger partial charge in [-0.2, -0.15) is 0 Å². The summed E-state index contributed by atoms with van der Waals surface area (Å²) in [7, 11) is 0. The van der Waals surface area contributed by atoms with Gasteiger partial charge in [-0.05, 0) is 71.8 Å². The van der Waals surface area contributed by atoms with Gasteiger partial charge in [0.05, 0.1) is 0 Å². The molecule has 1 nitrogen and oxygen atoms in total. The average Bonchev–Trinajstić information content (AvgIpc) is 2.87. The molecule has 0 amide bonds. The van der Waals surface area contributed by atoms with E-state index in [1.807, 2.05) is 6.20 Å². The zero-order valence-electron chi connectivity index (χ0n) is 21.8. The zero-order chi connectivity index (χ0) is 23.3. The van der Waals surface area contributed by atoms with Gasteiger partial charge in [0.2, 0.25) is 0 Å². The molecule has 0 radical (unpaired) electrons. The van der Waals surface area contributed by atoms with E-state index in [0.29, 0.717) is 5.92 Å². The predicted octanol–water partition coefficient (Wildman–Crippen LogP) is 10.1. The molecule has 1 fully saturated rings. The maximum atomic E-state index is 4.58. The molecule has 33 heavy (non-hydrogen) atoms. The van der Waals surface area contributed by atoms with E-state index in [2.05, 4.69) is 62.3 Å². The fraction of sp³-hybridized carbons (Fsp3) is 0.656. The van der Waals surface area contributed by atoms with E-state index in [4.69, 9.17) is 0 Å². The Morgan fingerprint density at radius 1 is 0.788 bits per heavy atom. The molecule has 1 atom stereocenters. The SMILES string of the molecule is CCCCCCCC1CCC(C(C)c2cnccc2-c2ccccc2CCCCCC)CC1. The van der Waals surface area contributed by atoms with Crippen molar-refractivity contribution in [2.45, 2.75) is 123 Å². The van der Waals surface area contributed by atoms with Crippen molar-refractivity contribution >= 4 is 0 Å². The van der Waals surface area contributed by atoms with Crippen LogP contribution in [0.5, 0.6) is 0 Å². The van der Waals surface area contributed by atoms with Crippen molar-refractivity contribution in [1.29, 1.82) is 0 Å². The molecule has 0 spiro atoms. The highest BCUT2D eigenvalue weighted by Gasteiger charge is 2.27. The maximum Gasteiger partial charge on any atom is 0.0308 e. The normalized spacial score (nSPS) is 19.5. The van der Waals surface area contributed by atoms with Gasteiger partial charge < -0.3 is 0 Å². The minimum Gasteiger partial charge on any atom is -0.264 e. The van der Waals surface area contributed by atoms with Gasteiger partial charge in [0.15, 0.2) is 0 Å². The first-order chi connectivity index (χ1) is 16.2. The van der Waals surface area contributed by atoms with Crippen LogP contribution in [-0.4, -0.2) is 4.98 Å². The number of aromatic nitrogens is 1. The van der Waals surface area contributed by atoms with E-state index in [-0.39, 0.29) is 0 Å². The van der Waals surface area contributed by atoms with Crippen molar-refractivity contribution in [3.05, 3.63) is 53.9 Å². The van der Waals surface area contributed by atoms with E-state index in [0.717, 1.165) is 11.8 Å². The first-order valence-electron chi connectivity index (χ1n) is 14.3. The second-order valence-electron chi connectivity index (χ2n) is 10.7. The summed E-state index contributed by atoms with van der Waals surface area (Å²) in [6.07, 6.45) is 24.9. The summed E-state index contributed by atoms with van der Waals surface area (Å²) in [6, 6.07) is 11.4. The van der Waals surface area contributed by atoms with E-state index >= 15 is 0 Å². The molecule has 1 saturated carbocycles. The number of unbranched alkanes of at least 4 members (excludes halogenated alkanes) is 7. The fourth-order valence-electron chi connectivity index (χ4n) is 6.03. The number of aryl methyl sites for hydroxylation is 1. The van der Waals surface area contributed by atoms with Gasteiger partial charge in [-0.15, -0.1) is 0 Å². The van der Waals surface area contributed by atoms with Crippen molar-refractivity contribution in [1.82, 2.24) is 4.98 Å². The second-order valence-corrected chi connectivity index (χ2v) is 10.7. The Morgan fingerprint density at radius 2 is 1.48 bits per heavy atom. The van der Waals surface area contributed by atoms with Crippen LogP contribution in [0.15, 0.2) is 42.7 Å². The number of pyridine rings is 1. The van der Waals surface area contributed by atoms with Gasteiger partial charge in [0, 0.05) is 12.4 Å². The Bertz CT molecular complexity index is 787. The minimum atomic E-state index is 0.590. The molecule has 1 aliphatic carbocycles. The Kier molecular flexibility index (Phi) is 11.5. The molecular weight excluding hydrogens is 398 g/mol. The number of rotatable bonds is 14. The Labute approximate surface area is 204 Å². The smallest absolute Gasteiger partial charge is 0.0308 e. The number of nitrogens with zero attached hydrogens (tertiary/aromatic N) is 1. The highest BCUT2D eigenvalue weighted by molar-refractivity contribution is 5.71. The summed E-state index contributed by atoms with van der Waals surface area (Å²) in [5.41, 5.74) is 5.86. The van der Waals surface area contributed by atoms with Crippen LogP contribution >= 0.6 is 0 Å². The van der Waals surface area contributed by atoms with Crippen molar-refractivity contribution in [3.8, 4) is 11.1 Å². The van der Waals surface area contributed by atoms with Gasteiger partial charge in [-0.3, -0.25) is 4.98 Å². The highest BCUT2D eigenvalue weighted by atomic mass is 14.6.